The summed E-state index contributed by atoms with van der Waals surface area (Å²) in [4.78, 5) is 25.7. The van der Waals surface area contributed by atoms with E-state index in [4.69, 9.17) is 4.98 Å². The second kappa shape index (κ2) is 9.25. The van der Waals surface area contributed by atoms with Gasteiger partial charge in [0.1, 0.15) is 5.82 Å². The number of piperidine rings is 3. The minimum absolute atomic E-state index is 0.0121. The molecule has 2 N–H and O–H groups in total. The van der Waals surface area contributed by atoms with Crippen molar-refractivity contribution in [1.29, 1.82) is 0 Å². The van der Waals surface area contributed by atoms with Gasteiger partial charge in [0, 0.05) is 36.8 Å². The van der Waals surface area contributed by atoms with Crippen molar-refractivity contribution in [1.82, 2.24) is 25.5 Å². The Morgan fingerprint density at radius 2 is 2.10 bits per heavy atom. The van der Waals surface area contributed by atoms with Crippen LogP contribution in [0.25, 0.3) is 10.6 Å². The average molecular weight is 440 g/mol. The third-order valence-corrected chi connectivity index (χ3v) is 8.22. The molecule has 5 heterocycles. The van der Waals surface area contributed by atoms with Crippen LogP contribution in [0.4, 0.5) is 4.79 Å². The SMILES string of the molecule is Cc1nc(-c2cccs2)cc([C@H]2CN3CC[C@H]2C[C@@H]3CNC(=O)NC2CCCCC2)n1. The van der Waals surface area contributed by atoms with Crippen LogP contribution in [0, 0.1) is 12.8 Å². The molecule has 3 saturated heterocycles. The van der Waals surface area contributed by atoms with Crippen LogP contribution < -0.4 is 10.6 Å². The number of urea groups is 1. The molecule has 0 aromatic carbocycles. The molecule has 2 aromatic rings. The quantitative estimate of drug-likeness (QED) is 0.728. The maximum absolute atomic E-state index is 12.4. The van der Waals surface area contributed by atoms with Gasteiger partial charge in [0.15, 0.2) is 0 Å². The molecule has 3 aliphatic heterocycles. The van der Waals surface area contributed by atoms with E-state index in [9.17, 15) is 4.79 Å². The number of amides is 2. The fraction of sp³-hybridized carbons (Fsp3) is 0.625. The molecule has 2 amide bonds. The van der Waals surface area contributed by atoms with Gasteiger partial charge in [-0.3, -0.25) is 4.90 Å². The molecule has 1 unspecified atom stereocenters. The van der Waals surface area contributed by atoms with Crippen molar-refractivity contribution in [2.75, 3.05) is 19.6 Å². The van der Waals surface area contributed by atoms with Crippen molar-refractivity contribution in [3.63, 3.8) is 0 Å². The molecule has 6 nitrogen and oxygen atoms in total. The Balaban J connectivity index is 1.20. The van der Waals surface area contributed by atoms with E-state index in [1.54, 1.807) is 11.3 Å². The molecule has 2 bridgehead atoms. The lowest BCUT2D eigenvalue weighted by molar-refractivity contribution is 0.0304. The first kappa shape index (κ1) is 20.9. The minimum Gasteiger partial charge on any atom is -0.337 e. The van der Waals surface area contributed by atoms with Gasteiger partial charge in [-0.15, -0.1) is 11.3 Å². The summed E-state index contributed by atoms with van der Waals surface area (Å²) in [6.07, 6.45) is 8.37. The van der Waals surface area contributed by atoms with Crippen molar-refractivity contribution in [2.24, 2.45) is 5.92 Å². The molecule has 1 saturated carbocycles. The fourth-order valence-corrected chi connectivity index (χ4v) is 6.40. The summed E-state index contributed by atoms with van der Waals surface area (Å²) in [6, 6.07) is 7.22. The second-order valence-electron chi connectivity index (χ2n) is 9.43. The Morgan fingerprint density at radius 3 is 2.84 bits per heavy atom. The van der Waals surface area contributed by atoms with Crippen molar-refractivity contribution < 1.29 is 4.79 Å². The number of carbonyl (C=O) groups excluding carboxylic acids is 1. The highest BCUT2D eigenvalue weighted by Crippen LogP contribution is 2.41. The van der Waals surface area contributed by atoms with Crippen LogP contribution in [0.2, 0.25) is 0 Å². The standard InChI is InChI=1S/C24H33N5OS/c1-16-26-21(13-22(27-16)23-8-5-11-31-23)20-15-29-10-9-17(20)12-19(29)14-25-24(30)28-18-6-3-2-4-7-18/h5,8,11,13,17-20H,2-4,6-7,9-10,12,14-15H2,1H3,(H2,25,28,30)/t17-,19+,20-/m0/s1. The van der Waals surface area contributed by atoms with Gasteiger partial charge in [-0.25, -0.2) is 14.8 Å². The maximum Gasteiger partial charge on any atom is 0.315 e. The van der Waals surface area contributed by atoms with E-state index in [1.807, 2.05) is 6.92 Å². The molecule has 1 aliphatic carbocycles. The average Bonchev–Trinajstić information content (AvgIpc) is 3.33. The van der Waals surface area contributed by atoms with Crippen LogP contribution in [0.5, 0.6) is 0 Å². The molecule has 2 aromatic heterocycles. The molecular weight excluding hydrogens is 406 g/mol. The highest BCUT2D eigenvalue weighted by molar-refractivity contribution is 7.13. The maximum atomic E-state index is 12.4. The summed E-state index contributed by atoms with van der Waals surface area (Å²) in [5.41, 5.74) is 2.23. The Hall–Kier alpha value is -1.99. The predicted octanol–water partition coefficient (Wildman–Crippen LogP) is 4.32. The zero-order valence-corrected chi connectivity index (χ0v) is 19.2. The van der Waals surface area contributed by atoms with Gasteiger partial charge in [-0.2, -0.15) is 0 Å². The molecule has 0 spiro atoms. The summed E-state index contributed by atoms with van der Waals surface area (Å²) >= 11 is 1.73. The molecular formula is C24H33N5OS. The number of thiophene rings is 1. The van der Waals surface area contributed by atoms with E-state index >= 15 is 0 Å². The van der Waals surface area contributed by atoms with E-state index in [0.717, 1.165) is 50.4 Å². The number of carbonyl (C=O) groups is 1. The first-order chi connectivity index (χ1) is 15.2. The van der Waals surface area contributed by atoms with Crippen LogP contribution in [0.15, 0.2) is 23.6 Å². The van der Waals surface area contributed by atoms with Gasteiger partial charge in [-0.05, 0) is 62.6 Å². The van der Waals surface area contributed by atoms with E-state index in [0.29, 0.717) is 23.9 Å². The molecule has 0 radical (unpaired) electrons. The Labute approximate surface area is 188 Å². The van der Waals surface area contributed by atoms with Gasteiger partial charge in [0.05, 0.1) is 10.6 Å². The topological polar surface area (TPSA) is 70.2 Å². The normalized spacial score (nSPS) is 28.4. The molecule has 4 aliphatic rings. The van der Waals surface area contributed by atoms with E-state index in [-0.39, 0.29) is 6.03 Å². The van der Waals surface area contributed by atoms with Crippen molar-refractivity contribution in [2.45, 2.75) is 69.9 Å². The number of hydrogen-bond acceptors (Lipinski definition) is 5. The number of rotatable bonds is 5. The third kappa shape index (κ3) is 4.77. The summed E-state index contributed by atoms with van der Waals surface area (Å²) in [7, 11) is 0. The minimum atomic E-state index is 0.0121. The molecule has 6 rings (SSSR count). The molecule has 4 atom stereocenters. The van der Waals surface area contributed by atoms with Crippen LogP contribution in [0.1, 0.15) is 62.4 Å². The van der Waals surface area contributed by atoms with Gasteiger partial charge in [0.25, 0.3) is 0 Å². The van der Waals surface area contributed by atoms with Gasteiger partial charge < -0.3 is 10.6 Å². The zero-order chi connectivity index (χ0) is 21.2. The number of nitrogens with zero attached hydrogens (tertiary/aromatic N) is 3. The van der Waals surface area contributed by atoms with Gasteiger partial charge in [-0.1, -0.05) is 25.3 Å². The zero-order valence-electron chi connectivity index (χ0n) is 18.3. The fourth-order valence-electron chi connectivity index (χ4n) is 5.71. The van der Waals surface area contributed by atoms with Crippen molar-refractivity contribution >= 4 is 17.4 Å². The van der Waals surface area contributed by atoms with E-state index in [1.165, 1.54) is 36.3 Å². The van der Waals surface area contributed by atoms with Gasteiger partial charge >= 0.3 is 6.03 Å². The lowest BCUT2D eigenvalue weighted by Gasteiger charge is -2.49. The Morgan fingerprint density at radius 1 is 1.23 bits per heavy atom. The van der Waals surface area contributed by atoms with E-state index < -0.39 is 0 Å². The highest BCUT2D eigenvalue weighted by Gasteiger charge is 2.41. The largest absolute Gasteiger partial charge is 0.337 e. The second-order valence-corrected chi connectivity index (χ2v) is 10.4. The number of fused-ring (bicyclic) bond motifs is 3. The molecule has 7 heteroatoms. The lowest BCUT2D eigenvalue weighted by atomic mass is 9.74. The van der Waals surface area contributed by atoms with Crippen molar-refractivity contribution in [3.05, 3.63) is 35.1 Å². The summed E-state index contributed by atoms with van der Waals surface area (Å²) in [6.45, 7) is 4.89. The monoisotopic (exact) mass is 439 g/mol. The number of aromatic nitrogens is 2. The summed E-state index contributed by atoms with van der Waals surface area (Å²) < 4.78 is 0. The van der Waals surface area contributed by atoms with Crippen LogP contribution >= 0.6 is 11.3 Å². The predicted molar refractivity (Wildman–Crippen MR) is 124 cm³/mol. The summed E-state index contributed by atoms with van der Waals surface area (Å²) in [5, 5.41) is 8.44. The number of hydrogen-bond donors (Lipinski definition) is 2. The first-order valence-electron chi connectivity index (χ1n) is 11.8. The molecule has 31 heavy (non-hydrogen) atoms. The smallest absolute Gasteiger partial charge is 0.315 e. The number of aryl methyl sites for hydroxylation is 1. The Kier molecular flexibility index (Phi) is 6.23. The van der Waals surface area contributed by atoms with Crippen molar-refractivity contribution in [3.8, 4) is 10.6 Å². The third-order valence-electron chi connectivity index (χ3n) is 7.33. The molecule has 166 valence electrons. The first-order valence-corrected chi connectivity index (χ1v) is 12.7. The van der Waals surface area contributed by atoms with Crippen LogP contribution in [0.3, 0.4) is 0 Å². The van der Waals surface area contributed by atoms with Gasteiger partial charge in [0.2, 0.25) is 0 Å². The lowest BCUT2D eigenvalue weighted by Crippen LogP contribution is -2.57. The number of nitrogens with one attached hydrogen (secondary N) is 2. The summed E-state index contributed by atoms with van der Waals surface area (Å²) in [5.74, 6) is 1.94. The van der Waals surface area contributed by atoms with E-state index in [2.05, 4.69) is 44.1 Å². The van der Waals surface area contributed by atoms with Crippen LogP contribution in [-0.4, -0.2) is 52.6 Å². The Bertz CT molecular complexity index is 895. The molecule has 4 fully saturated rings. The van der Waals surface area contributed by atoms with Crippen LogP contribution in [-0.2, 0) is 0 Å². The highest BCUT2D eigenvalue weighted by atomic mass is 32.1.